The number of piperazine rings is 1. The molecule has 1 aliphatic carbocycles. The summed E-state index contributed by atoms with van der Waals surface area (Å²) in [5.74, 6) is -0.0608. The van der Waals surface area contributed by atoms with Gasteiger partial charge in [-0.05, 0) is 23.8 Å². The molecule has 2 aliphatic rings. The smallest absolute Gasteiger partial charge is 0.246 e. The van der Waals surface area contributed by atoms with Crippen LogP contribution in [0.25, 0.3) is 6.08 Å². The highest BCUT2D eigenvalue weighted by Gasteiger charge is 2.35. The Morgan fingerprint density at radius 2 is 1.87 bits per heavy atom. The first-order valence-electron chi connectivity index (χ1n) is 9.52. The molecule has 30 heavy (non-hydrogen) atoms. The van der Waals surface area contributed by atoms with Gasteiger partial charge in [0, 0.05) is 44.1 Å². The fourth-order valence-corrected chi connectivity index (χ4v) is 4.89. The molecule has 0 saturated carbocycles. The molecule has 0 N–H and O–H groups in total. The molecule has 0 aromatic heterocycles. The maximum atomic E-state index is 12.4. The topological polar surface area (TPSA) is 57.7 Å². The van der Waals surface area contributed by atoms with Gasteiger partial charge in [0.05, 0.1) is 10.3 Å². The number of rotatable bonds is 5. The molecule has 0 bridgehead atoms. The molecule has 1 aromatic carbocycles. The molecule has 1 aromatic rings. The number of amides is 2. The first kappa shape index (κ1) is 22.7. The zero-order valence-electron chi connectivity index (χ0n) is 16.5. The number of allylic oxidation sites excluding steroid dienone is 3. The van der Waals surface area contributed by atoms with Gasteiger partial charge in [-0.3, -0.25) is 9.59 Å². The van der Waals surface area contributed by atoms with E-state index in [1.165, 1.54) is 24.8 Å². The molecule has 1 heterocycles. The minimum absolute atomic E-state index is 0.0320. The fourth-order valence-electron chi connectivity index (χ4n) is 3.21. The van der Waals surface area contributed by atoms with Crippen molar-refractivity contribution in [3.63, 3.8) is 0 Å². The van der Waals surface area contributed by atoms with Crippen LogP contribution in [-0.2, 0) is 14.4 Å². The Morgan fingerprint density at radius 1 is 1.17 bits per heavy atom. The second-order valence-electron chi connectivity index (χ2n) is 7.08. The summed E-state index contributed by atoms with van der Waals surface area (Å²) in [4.78, 5) is 38.4. The number of halogens is 2. The Bertz CT molecular complexity index is 923. The second-order valence-corrected chi connectivity index (χ2v) is 9.33. The van der Waals surface area contributed by atoms with Gasteiger partial charge < -0.3 is 14.6 Å². The molecule has 3 rings (SSSR count). The largest absolute Gasteiger partial charge is 0.339 e. The molecule has 2 amide bonds. The quantitative estimate of drug-likeness (QED) is 0.377. The molecule has 2 atom stereocenters. The van der Waals surface area contributed by atoms with E-state index >= 15 is 0 Å². The van der Waals surface area contributed by atoms with Crippen molar-refractivity contribution in [3.8, 4) is 0 Å². The third-order valence-electron chi connectivity index (χ3n) is 5.03. The van der Waals surface area contributed by atoms with E-state index in [-0.39, 0.29) is 17.1 Å². The first-order chi connectivity index (χ1) is 14.3. The summed E-state index contributed by atoms with van der Waals surface area (Å²) in [5.41, 5.74) is 0.798. The predicted octanol–water partition coefficient (Wildman–Crippen LogP) is 3.81. The standard InChI is InChI=1S/C22H22Cl2N2O3S/c1-16(28)25-10-12-26(13-11-25)21(29)8-6-17-5-7-19(18(23)14-17)30-20-4-2-3-9-22(20,24)15-27/h2-9,14-15,20H,10-13H2,1H3/b8-6+. The van der Waals surface area contributed by atoms with Crippen molar-refractivity contribution >= 4 is 59.1 Å². The zero-order chi connectivity index (χ0) is 21.7. The normalized spacial score (nSPS) is 23.8. The summed E-state index contributed by atoms with van der Waals surface area (Å²) in [6, 6.07) is 5.50. The number of aldehydes is 1. The van der Waals surface area contributed by atoms with Crippen LogP contribution in [0.1, 0.15) is 12.5 Å². The molecule has 0 spiro atoms. The van der Waals surface area contributed by atoms with Gasteiger partial charge in [0.15, 0.2) is 0 Å². The van der Waals surface area contributed by atoms with Crippen LogP contribution in [-0.4, -0.2) is 64.2 Å². The summed E-state index contributed by atoms with van der Waals surface area (Å²) in [5, 5.41) is 0.258. The number of carbonyl (C=O) groups excluding carboxylic acids is 3. The van der Waals surface area contributed by atoms with Gasteiger partial charge in [0.1, 0.15) is 11.2 Å². The van der Waals surface area contributed by atoms with Gasteiger partial charge in [-0.1, -0.05) is 42.0 Å². The molecule has 2 unspecified atom stereocenters. The second kappa shape index (κ2) is 9.86. The van der Waals surface area contributed by atoms with E-state index in [9.17, 15) is 14.4 Å². The van der Waals surface area contributed by atoms with E-state index in [1.807, 2.05) is 24.3 Å². The fraction of sp³-hybridized carbons (Fsp3) is 0.318. The molecule has 158 valence electrons. The van der Waals surface area contributed by atoms with E-state index < -0.39 is 4.87 Å². The number of hydrogen-bond donors (Lipinski definition) is 0. The average Bonchev–Trinajstić information content (AvgIpc) is 2.75. The van der Waals surface area contributed by atoms with Crippen molar-refractivity contribution in [1.82, 2.24) is 9.80 Å². The highest BCUT2D eigenvalue weighted by atomic mass is 35.5. The Balaban J connectivity index is 1.62. The van der Waals surface area contributed by atoms with Crippen LogP contribution in [0.4, 0.5) is 0 Å². The Morgan fingerprint density at radius 3 is 2.50 bits per heavy atom. The third kappa shape index (κ3) is 5.36. The van der Waals surface area contributed by atoms with Crippen LogP contribution in [0.15, 0.2) is 53.5 Å². The van der Waals surface area contributed by atoms with Gasteiger partial charge >= 0.3 is 0 Å². The van der Waals surface area contributed by atoms with E-state index in [4.69, 9.17) is 23.2 Å². The van der Waals surface area contributed by atoms with Crippen molar-refractivity contribution in [2.45, 2.75) is 21.9 Å². The molecule has 8 heteroatoms. The Kier molecular flexibility index (Phi) is 7.45. The maximum Gasteiger partial charge on any atom is 0.246 e. The lowest BCUT2D eigenvalue weighted by atomic mass is 10.0. The molecular weight excluding hydrogens is 443 g/mol. The van der Waals surface area contributed by atoms with Crippen LogP contribution >= 0.6 is 35.0 Å². The highest BCUT2D eigenvalue weighted by Crippen LogP contribution is 2.40. The summed E-state index contributed by atoms with van der Waals surface area (Å²) in [6.07, 6.45) is 11.1. The summed E-state index contributed by atoms with van der Waals surface area (Å²) in [6.45, 7) is 3.70. The van der Waals surface area contributed by atoms with Crippen LogP contribution < -0.4 is 0 Å². The third-order valence-corrected chi connectivity index (χ3v) is 7.45. The van der Waals surface area contributed by atoms with E-state index in [2.05, 4.69) is 0 Å². The van der Waals surface area contributed by atoms with Crippen molar-refractivity contribution in [1.29, 1.82) is 0 Å². The van der Waals surface area contributed by atoms with E-state index in [0.717, 1.165) is 16.7 Å². The average molecular weight is 465 g/mol. The number of nitrogens with zero attached hydrogens (tertiary/aromatic N) is 2. The molecule has 1 aliphatic heterocycles. The highest BCUT2D eigenvalue weighted by molar-refractivity contribution is 8.00. The first-order valence-corrected chi connectivity index (χ1v) is 11.2. The van der Waals surface area contributed by atoms with Crippen LogP contribution in [0.5, 0.6) is 0 Å². The van der Waals surface area contributed by atoms with Crippen molar-refractivity contribution in [2.75, 3.05) is 26.2 Å². The van der Waals surface area contributed by atoms with Crippen molar-refractivity contribution < 1.29 is 14.4 Å². The molecular formula is C22H22Cl2N2O3S. The summed E-state index contributed by atoms with van der Waals surface area (Å²) >= 11 is 14.2. The zero-order valence-corrected chi connectivity index (χ0v) is 18.8. The SMILES string of the molecule is CC(=O)N1CCN(C(=O)/C=C/c2ccc(SC3C=CC=CC3(Cl)C=O)c(Cl)c2)CC1. The maximum absolute atomic E-state index is 12.4. The Labute approximate surface area is 190 Å². The van der Waals surface area contributed by atoms with Crippen LogP contribution in [0, 0.1) is 0 Å². The number of benzene rings is 1. The lowest BCUT2D eigenvalue weighted by Crippen LogP contribution is -2.49. The monoisotopic (exact) mass is 464 g/mol. The minimum atomic E-state index is -1.10. The molecule has 5 nitrogen and oxygen atoms in total. The number of hydrogen-bond acceptors (Lipinski definition) is 4. The lowest BCUT2D eigenvalue weighted by Gasteiger charge is -2.33. The molecule has 1 saturated heterocycles. The van der Waals surface area contributed by atoms with Gasteiger partial charge in [0.25, 0.3) is 0 Å². The van der Waals surface area contributed by atoms with Gasteiger partial charge in [-0.2, -0.15) is 0 Å². The van der Waals surface area contributed by atoms with Gasteiger partial charge in [-0.15, -0.1) is 23.4 Å². The van der Waals surface area contributed by atoms with E-state index in [0.29, 0.717) is 31.2 Å². The number of carbonyl (C=O) groups is 3. The van der Waals surface area contributed by atoms with Crippen molar-refractivity contribution in [3.05, 3.63) is 59.2 Å². The lowest BCUT2D eigenvalue weighted by molar-refractivity contribution is -0.135. The summed E-state index contributed by atoms with van der Waals surface area (Å²) in [7, 11) is 0. The summed E-state index contributed by atoms with van der Waals surface area (Å²) < 4.78 is 0. The Hall–Kier alpha value is -2.02. The number of thioether (sulfide) groups is 1. The van der Waals surface area contributed by atoms with E-state index in [1.54, 1.807) is 34.1 Å². The number of alkyl halides is 1. The molecule has 1 fully saturated rings. The molecule has 0 radical (unpaired) electrons. The van der Waals surface area contributed by atoms with Crippen molar-refractivity contribution in [2.24, 2.45) is 0 Å². The minimum Gasteiger partial charge on any atom is -0.339 e. The van der Waals surface area contributed by atoms with Crippen LogP contribution in [0.3, 0.4) is 0 Å². The predicted molar refractivity (Wildman–Crippen MR) is 122 cm³/mol. The van der Waals surface area contributed by atoms with Gasteiger partial charge in [0.2, 0.25) is 11.8 Å². The van der Waals surface area contributed by atoms with Gasteiger partial charge in [-0.25, -0.2) is 0 Å². The van der Waals surface area contributed by atoms with Crippen LogP contribution in [0.2, 0.25) is 5.02 Å².